The van der Waals surface area contributed by atoms with Crippen LogP contribution in [0.4, 0.5) is 11.5 Å². The number of piperidine rings is 1. The van der Waals surface area contributed by atoms with Crippen LogP contribution in [0.15, 0.2) is 48.7 Å². The molecule has 1 aliphatic rings. The van der Waals surface area contributed by atoms with Crippen LogP contribution in [-0.2, 0) is 16.4 Å². The Morgan fingerprint density at radius 2 is 1.96 bits per heavy atom. The van der Waals surface area contributed by atoms with Gasteiger partial charge in [0, 0.05) is 12.6 Å². The highest BCUT2D eigenvalue weighted by Crippen LogP contribution is 2.25. The first kappa shape index (κ1) is 18.7. The van der Waals surface area contributed by atoms with Crippen molar-refractivity contribution >= 4 is 21.5 Å². The fraction of sp³-hybridized carbons (Fsp3) is 0.450. The summed E-state index contributed by atoms with van der Waals surface area (Å²) in [7, 11) is -3.39. The minimum atomic E-state index is -3.39. The highest BCUT2D eigenvalue weighted by Gasteiger charge is 2.22. The standard InChI is InChI=1S/C20H27N3O2S/c1-2-19-10-6-7-14-23(19)20-12-11-18(16-21-20)22-26(24,25)15-13-17-8-4-3-5-9-17/h3-5,8-9,11-12,16,19,22H,2,6-7,10,13-15H2,1H3. The highest BCUT2D eigenvalue weighted by molar-refractivity contribution is 7.92. The van der Waals surface area contributed by atoms with E-state index < -0.39 is 10.0 Å². The zero-order chi connectivity index (χ0) is 18.4. The smallest absolute Gasteiger partial charge is 0.233 e. The van der Waals surface area contributed by atoms with Crippen LogP contribution in [0.2, 0.25) is 0 Å². The summed E-state index contributed by atoms with van der Waals surface area (Å²) in [6.45, 7) is 3.23. The number of aromatic nitrogens is 1. The maximum atomic E-state index is 12.3. The van der Waals surface area contributed by atoms with Crippen LogP contribution in [-0.4, -0.2) is 31.7 Å². The van der Waals surface area contributed by atoms with Gasteiger partial charge in [-0.25, -0.2) is 13.4 Å². The van der Waals surface area contributed by atoms with E-state index in [4.69, 9.17) is 0 Å². The summed E-state index contributed by atoms with van der Waals surface area (Å²) in [5.74, 6) is 0.992. The molecule has 0 bridgehead atoms. The van der Waals surface area contributed by atoms with Gasteiger partial charge in [0.05, 0.1) is 17.6 Å². The normalized spacial score (nSPS) is 17.9. The van der Waals surface area contributed by atoms with Crippen molar-refractivity contribution in [1.82, 2.24) is 4.98 Å². The number of aryl methyl sites for hydroxylation is 1. The van der Waals surface area contributed by atoms with Crippen molar-refractivity contribution in [3.8, 4) is 0 Å². The Labute approximate surface area is 156 Å². The summed E-state index contributed by atoms with van der Waals surface area (Å²) >= 11 is 0. The number of nitrogens with one attached hydrogen (secondary N) is 1. The lowest BCUT2D eigenvalue weighted by Gasteiger charge is -2.36. The molecule has 1 aliphatic heterocycles. The van der Waals surface area contributed by atoms with Gasteiger partial charge in [-0.05, 0) is 49.8 Å². The second-order valence-corrected chi connectivity index (χ2v) is 8.65. The van der Waals surface area contributed by atoms with Crippen molar-refractivity contribution in [2.45, 2.75) is 45.1 Å². The van der Waals surface area contributed by atoms with Crippen LogP contribution >= 0.6 is 0 Å². The third-order valence-electron chi connectivity index (χ3n) is 4.92. The fourth-order valence-electron chi connectivity index (χ4n) is 3.47. The summed E-state index contributed by atoms with van der Waals surface area (Å²) in [4.78, 5) is 6.85. The van der Waals surface area contributed by atoms with Crippen molar-refractivity contribution in [3.05, 3.63) is 54.2 Å². The van der Waals surface area contributed by atoms with E-state index in [0.29, 0.717) is 18.2 Å². The second kappa shape index (κ2) is 8.54. The van der Waals surface area contributed by atoms with Crippen molar-refractivity contribution in [1.29, 1.82) is 0 Å². The number of hydrogen-bond acceptors (Lipinski definition) is 4. The number of sulfonamides is 1. The van der Waals surface area contributed by atoms with E-state index in [1.807, 2.05) is 42.5 Å². The van der Waals surface area contributed by atoms with E-state index >= 15 is 0 Å². The molecule has 0 spiro atoms. The third kappa shape index (κ3) is 4.97. The molecule has 1 atom stereocenters. The lowest BCUT2D eigenvalue weighted by molar-refractivity contribution is 0.447. The van der Waals surface area contributed by atoms with Gasteiger partial charge < -0.3 is 4.90 Å². The maximum absolute atomic E-state index is 12.3. The monoisotopic (exact) mass is 373 g/mol. The number of rotatable bonds is 7. The zero-order valence-electron chi connectivity index (χ0n) is 15.3. The van der Waals surface area contributed by atoms with E-state index in [9.17, 15) is 8.42 Å². The Kier molecular flexibility index (Phi) is 6.14. The van der Waals surface area contributed by atoms with Gasteiger partial charge in [-0.2, -0.15) is 0 Å². The van der Waals surface area contributed by atoms with Crippen LogP contribution in [0.5, 0.6) is 0 Å². The minimum absolute atomic E-state index is 0.0583. The molecule has 6 heteroatoms. The molecule has 3 rings (SSSR count). The van der Waals surface area contributed by atoms with Gasteiger partial charge in [0.15, 0.2) is 0 Å². The molecule has 2 aromatic rings. The van der Waals surface area contributed by atoms with Gasteiger partial charge in [-0.1, -0.05) is 37.3 Å². The van der Waals surface area contributed by atoms with E-state index in [0.717, 1.165) is 24.3 Å². The van der Waals surface area contributed by atoms with Crippen LogP contribution in [0, 0.1) is 0 Å². The molecule has 1 unspecified atom stereocenters. The number of hydrogen-bond donors (Lipinski definition) is 1. The van der Waals surface area contributed by atoms with Crippen LogP contribution < -0.4 is 9.62 Å². The molecule has 0 saturated carbocycles. The van der Waals surface area contributed by atoms with Gasteiger partial charge in [0.1, 0.15) is 5.82 Å². The first-order chi connectivity index (χ1) is 12.6. The Morgan fingerprint density at radius 3 is 2.65 bits per heavy atom. The quantitative estimate of drug-likeness (QED) is 0.801. The number of nitrogens with zero attached hydrogens (tertiary/aromatic N) is 2. The Balaban J connectivity index is 1.61. The molecule has 0 radical (unpaired) electrons. The average Bonchev–Trinajstić information content (AvgIpc) is 2.68. The average molecular weight is 374 g/mol. The molecular formula is C20H27N3O2S. The predicted octanol–water partition coefficient (Wildman–Crippen LogP) is 3.83. The zero-order valence-corrected chi connectivity index (χ0v) is 16.1. The summed E-state index contributed by atoms with van der Waals surface area (Å²) in [5.41, 5.74) is 1.54. The third-order valence-corrected chi connectivity index (χ3v) is 6.20. The molecule has 1 aromatic heterocycles. The van der Waals surface area contributed by atoms with Crippen LogP contribution in [0.1, 0.15) is 38.2 Å². The molecule has 0 amide bonds. The van der Waals surface area contributed by atoms with Gasteiger partial charge in [-0.15, -0.1) is 0 Å². The molecule has 1 aromatic carbocycles. The lowest BCUT2D eigenvalue weighted by atomic mass is 10.00. The van der Waals surface area contributed by atoms with Crippen molar-refractivity contribution in [2.24, 2.45) is 0 Å². The maximum Gasteiger partial charge on any atom is 0.233 e. The number of anilines is 2. The van der Waals surface area contributed by atoms with Crippen molar-refractivity contribution in [3.63, 3.8) is 0 Å². The van der Waals surface area contributed by atoms with Gasteiger partial charge in [0.2, 0.25) is 10.0 Å². The summed E-state index contributed by atoms with van der Waals surface area (Å²) < 4.78 is 27.3. The molecule has 1 saturated heterocycles. The Bertz CT molecular complexity index is 792. The van der Waals surface area contributed by atoms with Crippen LogP contribution in [0.3, 0.4) is 0 Å². The Morgan fingerprint density at radius 1 is 1.15 bits per heavy atom. The molecular weight excluding hydrogens is 346 g/mol. The molecule has 26 heavy (non-hydrogen) atoms. The second-order valence-electron chi connectivity index (χ2n) is 6.81. The van der Waals surface area contributed by atoms with Gasteiger partial charge in [-0.3, -0.25) is 4.72 Å². The summed E-state index contributed by atoms with van der Waals surface area (Å²) in [5, 5.41) is 0. The van der Waals surface area contributed by atoms with Crippen molar-refractivity contribution in [2.75, 3.05) is 21.9 Å². The number of pyridine rings is 1. The van der Waals surface area contributed by atoms with Crippen molar-refractivity contribution < 1.29 is 8.42 Å². The molecule has 140 valence electrons. The minimum Gasteiger partial charge on any atom is -0.354 e. The largest absolute Gasteiger partial charge is 0.354 e. The van der Waals surface area contributed by atoms with E-state index in [1.165, 1.54) is 19.3 Å². The Hall–Kier alpha value is -2.08. The predicted molar refractivity (Wildman–Crippen MR) is 107 cm³/mol. The number of benzene rings is 1. The van der Waals surface area contributed by atoms with E-state index in [-0.39, 0.29) is 5.75 Å². The lowest BCUT2D eigenvalue weighted by Crippen LogP contribution is -2.39. The summed E-state index contributed by atoms with van der Waals surface area (Å²) in [6, 6.07) is 13.9. The first-order valence-corrected chi connectivity index (χ1v) is 11.0. The van der Waals surface area contributed by atoms with E-state index in [2.05, 4.69) is 21.5 Å². The van der Waals surface area contributed by atoms with Gasteiger partial charge >= 0.3 is 0 Å². The van der Waals surface area contributed by atoms with Crippen LogP contribution in [0.25, 0.3) is 0 Å². The SMILES string of the molecule is CCC1CCCCN1c1ccc(NS(=O)(=O)CCc2ccccc2)cn1. The fourth-order valence-corrected chi connectivity index (χ4v) is 4.56. The molecule has 0 aliphatic carbocycles. The molecule has 1 fully saturated rings. The summed E-state index contributed by atoms with van der Waals surface area (Å²) in [6.07, 6.45) is 6.88. The first-order valence-electron chi connectivity index (χ1n) is 9.34. The highest BCUT2D eigenvalue weighted by atomic mass is 32.2. The van der Waals surface area contributed by atoms with E-state index in [1.54, 1.807) is 6.20 Å². The topological polar surface area (TPSA) is 62.3 Å². The van der Waals surface area contributed by atoms with Gasteiger partial charge in [0.25, 0.3) is 0 Å². The molecule has 5 nitrogen and oxygen atoms in total. The molecule has 1 N–H and O–H groups in total. The molecule has 2 heterocycles.